The van der Waals surface area contributed by atoms with E-state index in [0.29, 0.717) is 5.71 Å². The molecule has 17 heavy (non-hydrogen) atoms. The zero-order chi connectivity index (χ0) is 12.3. The molecular weight excluding hydrogens is 234 g/mol. The van der Waals surface area contributed by atoms with E-state index in [9.17, 15) is 0 Å². The summed E-state index contributed by atoms with van der Waals surface area (Å²) in [6.45, 7) is 3.56. The van der Waals surface area contributed by atoms with Crippen LogP contribution in [0.1, 0.15) is 5.56 Å². The topological polar surface area (TPSA) is 54.2 Å². The van der Waals surface area contributed by atoms with Crippen LogP contribution in [-0.4, -0.2) is 10.7 Å². The molecule has 0 bridgehead atoms. The molecule has 0 saturated heterocycles. The van der Waals surface area contributed by atoms with Gasteiger partial charge in [-0.25, -0.2) is 4.99 Å². The Morgan fingerprint density at radius 3 is 2.88 bits per heavy atom. The third-order valence-corrected chi connectivity index (χ3v) is 2.45. The van der Waals surface area contributed by atoms with Crippen LogP contribution < -0.4 is 5.73 Å². The Balaban J connectivity index is 2.61. The molecule has 2 rings (SSSR count). The molecule has 3 N–H and O–H groups in total. The van der Waals surface area contributed by atoms with Crippen LogP contribution >= 0.6 is 11.6 Å². The minimum atomic E-state index is 0.225. The van der Waals surface area contributed by atoms with Gasteiger partial charge in [-0.2, -0.15) is 0 Å². The fourth-order valence-electron chi connectivity index (χ4n) is 1.69. The van der Waals surface area contributed by atoms with E-state index in [0.717, 1.165) is 16.5 Å². The van der Waals surface area contributed by atoms with Crippen LogP contribution in [0, 0.1) is 0 Å². The lowest BCUT2D eigenvalue weighted by Crippen LogP contribution is -1.97. The Hall–Kier alpha value is -2.00. The maximum Gasteiger partial charge on any atom is 0.122 e. The van der Waals surface area contributed by atoms with Gasteiger partial charge in [-0.05, 0) is 18.3 Å². The zero-order valence-corrected chi connectivity index (χ0v) is 9.91. The molecule has 4 heteroatoms. The summed E-state index contributed by atoms with van der Waals surface area (Å²) in [5.41, 5.74) is 8.09. The number of fused-ring (bicyclic) bond motifs is 1. The van der Waals surface area contributed by atoms with Gasteiger partial charge in [0.25, 0.3) is 0 Å². The molecule has 0 saturated carbocycles. The van der Waals surface area contributed by atoms with Crippen molar-refractivity contribution in [3.63, 3.8) is 0 Å². The highest BCUT2D eigenvalue weighted by Crippen LogP contribution is 2.20. The fraction of sp³-hybridized carbons (Fsp3) is 0. The summed E-state index contributed by atoms with van der Waals surface area (Å²) in [4.78, 5) is 7.33. The molecule has 0 aliphatic rings. The van der Waals surface area contributed by atoms with E-state index in [1.54, 1.807) is 6.08 Å². The third-order valence-electron chi connectivity index (χ3n) is 2.36. The van der Waals surface area contributed by atoms with E-state index in [1.165, 1.54) is 6.20 Å². The van der Waals surface area contributed by atoms with E-state index in [1.807, 2.05) is 30.5 Å². The number of hydrogen-bond donors (Lipinski definition) is 2. The summed E-state index contributed by atoms with van der Waals surface area (Å²) in [6.07, 6.45) is 5.01. The predicted octanol–water partition coefficient (Wildman–Crippen LogP) is 3.14. The lowest BCUT2D eigenvalue weighted by molar-refractivity contribution is 1.45. The van der Waals surface area contributed by atoms with Crippen molar-refractivity contribution in [1.29, 1.82) is 0 Å². The highest BCUT2D eigenvalue weighted by molar-refractivity contribution is 6.30. The van der Waals surface area contributed by atoms with Crippen molar-refractivity contribution in [2.24, 2.45) is 10.7 Å². The lowest BCUT2D eigenvalue weighted by Gasteiger charge is -1.99. The minimum Gasteiger partial charge on any atom is -0.405 e. The molecule has 1 aromatic carbocycles. The predicted molar refractivity (Wildman–Crippen MR) is 73.2 cm³/mol. The standard InChI is InChI=1S/C13H12ClN3/c1-9(14)17-13(6-7-15)11-8-16-12-5-3-2-4-10(11)12/h2-8,16H,1,15H2/b7-6-,17-13?. The Labute approximate surface area is 104 Å². The molecule has 1 aromatic heterocycles. The second-order valence-corrected chi connectivity index (χ2v) is 3.92. The molecule has 3 nitrogen and oxygen atoms in total. The van der Waals surface area contributed by atoms with Crippen molar-refractivity contribution >= 4 is 28.2 Å². The summed E-state index contributed by atoms with van der Waals surface area (Å²) in [5.74, 6) is 0. The summed E-state index contributed by atoms with van der Waals surface area (Å²) < 4.78 is 0. The molecule has 0 spiro atoms. The SMILES string of the molecule is C=C(Cl)N=C(/C=C\N)c1c[nH]c2ccccc12. The number of H-pyrrole nitrogens is 1. The first kappa shape index (κ1) is 11.5. The van der Waals surface area contributed by atoms with Gasteiger partial charge in [0.1, 0.15) is 5.16 Å². The van der Waals surface area contributed by atoms with Crippen molar-refractivity contribution in [3.8, 4) is 0 Å². The Kier molecular flexibility index (Phi) is 3.30. The van der Waals surface area contributed by atoms with Gasteiger partial charge in [0.05, 0.1) is 5.71 Å². The van der Waals surface area contributed by atoms with Crippen LogP contribution in [0.25, 0.3) is 10.9 Å². The summed E-state index contributed by atoms with van der Waals surface area (Å²) in [5, 5.41) is 1.30. The van der Waals surface area contributed by atoms with E-state index < -0.39 is 0 Å². The minimum absolute atomic E-state index is 0.225. The normalized spacial score (nSPS) is 12.4. The van der Waals surface area contributed by atoms with Gasteiger partial charge in [0.2, 0.25) is 0 Å². The first-order valence-electron chi connectivity index (χ1n) is 5.10. The van der Waals surface area contributed by atoms with Gasteiger partial charge in [-0.3, -0.25) is 0 Å². The van der Waals surface area contributed by atoms with E-state index >= 15 is 0 Å². The average molecular weight is 246 g/mol. The number of nitrogens with one attached hydrogen (secondary N) is 1. The smallest absolute Gasteiger partial charge is 0.122 e. The number of aromatic nitrogens is 1. The van der Waals surface area contributed by atoms with E-state index in [-0.39, 0.29) is 5.16 Å². The highest BCUT2D eigenvalue weighted by Gasteiger charge is 2.07. The van der Waals surface area contributed by atoms with E-state index in [2.05, 4.69) is 16.6 Å². The van der Waals surface area contributed by atoms with Crippen molar-refractivity contribution in [3.05, 3.63) is 60.0 Å². The first-order valence-corrected chi connectivity index (χ1v) is 5.48. The highest BCUT2D eigenvalue weighted by atomic mass is 35.5. The number of hydrogen-bond acceptors (Lipinski definition) is 2. The van der Waals surface area contributed by atoms with Gasteiger partial charge >= 0.3 is 0 Å². The molecule has 2 aromatic rings. The van der Waals surface area contributed by atoms with Gasteiger partial charge in [-0.15, -0.1) is 0 Å². The molecule has 0 radical (unpaired) electrons. The van der Waals surface area contributed by atoms with Crippen molar-refractivity contribution in [1.82, 2.24) is 4.98 Å². The van der Waals surface area contributed by atoms with Crippen LogP contribution in [0.3, 0.4) is 0 Å². The number of aliphatic imine (C=N–C) groups is 1. The van der Waals surface area contributed by atoms with Crippen LogP contribution in [-0.2, 0) is 0 Å². The zero-order valence-electron chi connectivity index (χ0n) is 9.15. The molecular formula is C13H12ClN3. The van der Waals surface area contributed by atoms with Crippen molar-refractivity contribution in [2.45, 2.75) is 0 Å². The Morgan fingerprint density at radius 1 is 1.41 bits per heavy atom. The Morgan fingerprint density at radius 2 is 2.18 bits per heavy atom. The second kappa shape index (κ2) is 4.89. The quantitative estimate of drug-likeness (QED) is 0.634. The summed E-state index contributed by atoms with van der Waals surface area (Å²) in [7, 11) is 0. The molecule has 0 amide bonds. The molecule has 86 valence electrons. The Bertz CT molecular complexity index is 608. The number of nitrogens with zero attached hydrogens (tertiary/aromatic N) is 1. The van der Waals surface area contributed by atoms with Gasteiger partial charge in [0.15, 0.2) is 0 Å². The molecule has 0 unspecified atom stereocenters. The lowest BCUT2D eigenvalue weighted by atomic mass is 10.1. The largest absolute Gasteiger partial charge is 0.405 e. The number of aromatic amines is 1. The molecule has 0 fully saturated rings. The van der Waals surface area contributed by atoms with Crippen molar-refractivity contribution < 1.29 is 0 Å². The van der Waals surface area contributed by atoms with Gasteiger partial charge in [0, 0.05) is 22.7 Å². The maximum atomic E-state index is 5.71. The van der Waals surface area contributed by atoms with Gasteiger partial charge < -0.3 is 10.7 Å². The van der Waals surface area contributed by atoms with Crippen LogP contribution in [0.5, 0.6) is 0 Å². The van der Waals surface area contributed by atoms with Crippen LogP contribution in [0.4, 0.5) is 0 Å². The number of allylic oxidation sites excluding steroid dienone is 1. The molecule has 0 aliphatic carbocycles. The number of para-hydroxylation sites is 1. The second-order valence-electron chi connectivity index (χ2n) is 3.48. The average Bonchev–Trinajstić information content (AvgIpc) is 2.71. The molecule has 0 aliphatic heterocycles. The maximum absolute atomic E-state index is 5.71. The van der Waals surface area contributed by atoms with Gasteiger partial charge in [-0.1, -0.05) is 36.4 Å². The monoisotopic (exact) mass is 245 g/mol. The van der Waals surface area contributed by atoms with Crippen LogP contribution in [0.15, 0.2) is 59.5 Å². The molecule has 1 heterocycles. The van der Waals surface area contributed by atoms with Crippen LogP contribution in [0.2, 0.25) is 0 Å². The first-order chi connectivity index (χ1) is 8.22. The van der Waals surface area contributed by atoms with E-state index in [4.69, 9.17) is 17.3 Å². The number of benzene rings is 1. The van der Waals surface area contributed by atoms with Crippen molar-refractivity contribution in [2.75, 3.05) is 0 Å². The molecule has 0 atom stereocenters. The summed E-state index contributed by atoms with van der Waals surface area (Å²) in [6, 6.07) is 7.95. The third kappa shape index (κ3) is 2.40. The number of halogens is 1. The number of nitrogens with two attached hydrogens (primary N) is 1. The fourth-order valence-corrected chi connectivity index (χ4v) is 1.78. The number of rotatable bonds is 3. The summed E-state index contributed by atoms with van der Waals surface area (Å²) >= 11 is 5.71.